The molecule has 188 valence electrons. The topological polar surface area (TPSA) is 168 Å². The van der Waals surface area contributed by atoms with Crippen LogP contribution in [0.25, 0.3) is 10.4 Å². The lowest BCUT2D eigenvalue weighted by atomic mass is 10.4. The van der Waals surface area contributed by atoms with E-state index in [1.807, 2.05) is 0 Å². The normalized spacial score (nSPS) is 13.4. The number of carbonyl (C=O) groups excluding carboxylic acids is 3. The van der Waals surface area contributed by atoms with Crippen molar-refractivity contribution in [2.24, 2.45) is 5.11 Å². The molecule has 0 aliphatic carbocycles. The lowest BCUT2D eigenvalue weighted by molar-refractivity contribution is -0.198. The van der Waals surface area contributed by atoms with Gasteiger partial charge >= 0.3 is 5.97 Å². The summed E-state index contributed by atoms with van der Waals surface area (Å²) in [4.78, 5) is 41.6. The van der Waals surface area contributed by atoms with E-state index in [2.05, 4.69) is 10.0 Å². The Balaban J connectivity index is 1.74. The molecular formula is C19H32N4O10. The van der Waals surface area contributed by atoms with Crippen LogP contribution in [0.5, 0.6) is 0 Å². The van der Waals surface area contributed by atoms with Gasteiger partial charge in [-0.1, -0.05) is 5.11 Å². The summed E-state index contributed by atoms with van der Waals surface area (Å²) in [5.41, 5.74) is 8.09. The van der Waals surface area contributed by atoms with Crippen LogP contribution in [0.15, 0.2) is 5.11 Å². The lowest BCUT2D eigenvalue weighted by Gasteiger charge is -2.12. The summed E-state index contributed by atoms with van der Waals surface area (Å²) in [7, 11) is 0. The van der Waals surface area contributed by atoms with Crippen molar-refractivity contribution in [1.82, 2.24) is 5.06 Å². The highest BCUT2D eigenvalue weighted by atomic mass is 16.7. The molecule has 1 rings (SSSR count). The highest BCUT2D eigenvalue weighted by molar-refractivity contribution is 6.01. The van der Waals surface area contributed by atoms with Gasteiger partial charge in [0.1, 0.15) is 0 Å². The maximum absolute atomic E-state index is 11.6. The Labute approximate surface area is 191 Å². The number of imide groups is 1. The Hall–Kier alpha value is -2.32. The number of amides is 2. The first-order chi connectivity index (χ1) is 16.1. The van der Waals surface area contributed by atoms with Gasteiger partial charge in [-0.3, -0.25) is 9.59 Å². The van der Waals surface area contributed by atoms with Gasteiger partial charge in [0.2, 0.25) is 0 Å². The van der Waals surface area contributed by atoms with Gasteiger partial charge in [0.15, 0.2) is 0 Å². The summed E-state index contributed by atoms with van der Waals surface area (Å²) < 4.78 is 31.8. The molecule has 0 radical (unpaired) electrons. The minimum Gasteiger partial charge on any atom is -0.379 e. The Kier molecular flexibility index (Phi) is 17.7. The van der Waals surface area contributed by atoms with Gasteiger partial charge in [0.25, 0.3) is 11.8 Å². The molecule has 0 aromatic carbocycles. The SMILES string of the molecule is [N-]=[N+]=NCCOCCOCCOCCOCCOCCOCCC(=O)ON1C(=O)CCC1=O. The Morgan fingerprint density at radius 2 is 1.12 bits per heavy atom. The standard InChI is InChI=1S/C19H32N4O10/c20-22-21-4-6-28-8-10-30-12-14-32-16-15-31-13-11-29-9-7-27-5-3-19(26)33-23-17(24)1-2-18(23)25/h1-16H2. The molecule has 1 fully saturated rings. The maximum Gasteiger partial charge on any atom is 0.335 e. The Morgan fingerprint density at radius 3 is 1.55 bits per heavy atom. The summed E-state index contributed by atoms with van der Waals surface area (Å²) in [6.07, 6.45) is 0.0509. The molecule has 33 heavy (non-hydrogen) atoms. The number of azide groups is 1. The van der Waals surface area contributed by atoms with Crippen molar-refractivity contribution in [3.8, 4) is 0 Å². The van der Waals surface area contributed by atoms with Crippen molar-refractivity contribution < 1.29 is 47.6 Å². The van der Waals surface area contributed by atoms with E-state index in [1.165, 1.54) is 0 Å². The molecule has 0 bridgehead atoms. The number of hydrogen-bond acceptors (Lipinski definition) is 11. The van der Waals surface area contributed by atoms with E-state index in [0.29, 0.717) is 77.7 Å². The summed E-state index contributed by atoms with van der Waals surface area (Å²) in [6, 6.07) is 0. The van der Waals surface area contributed by atoms with E-state index in [-0.39, 0.29) is 32.5 Å². The predicted molar refractivity (Wildman–Crippen MR) is 111 cm³/mol. The number of nitrogens with zero attached hydrogens (tertiary/aromatic N) is 4. The fraction of sp³-hybridized carbons (Fsp3) is 0.842. The second-order valence-corrected chi connectivity index (χ2v) is 6.42. The van der Waals surface area contributed by atoms with Gasteiger partial charge in [-0.2, -0.15) is 0 Å². The monoisotopic (exact) mass is 476 g/mol. The van der Waals surface area contributed by atoms with Crippen molar-refractivity contribution in [2.45, 2.75) is 19.3 Å². The Bertz CT molecular complexity index is 599. The summed E-state index contributed by atoms with van der Waals surface area (Å²) in [5, 5.41) is 3.86. The lowest BCUT2D eigenvalue weighted by Crippen LogP contribution is -2.32. The first kappa shape index (κ1) is 28.7. The zero-order valence-electron chi connectivity index (χ0n) is 18.7. The summed E-state index contributed by atoms with van der Waals surface area (Å²) >= 11 is 0. The van der Waals surface area contributed by atoms with Crippen LogP contribution in [0, 0.1) is 0 Å². The van der Waals surface area contributed by atoms with Crippen LogP contribution in [0.1, 0.15) is 19.3 Å². The average Bonchev–Trinajstić information content (AvgIpc) is 3.12. The van der Waals surface area contributed by atoms with Gasteiger partial charge < -0.3 is 33.3 Å². The maximum atomic E-state index is 11.6. The van der Waals surface area contributed by atoms with Crippen molar-refractivity contribution in [1.29, 1.82) is 0 Å². The van der Waals surface area contributed by atoms with E-state index in [9.17, 15) is 14.4 Å². The van der Waals surface area contributed by atoms with Gasteiger partial charge in [0, 0.05) is 24.3 Å². The zero-order chi connectivity index (χ0) is 24.0. The number of carbonyl (C=O) groups is 3. The molecule has 2 amide bonds. The molecule has 0 aromatic rings. The predicted octanol–water partition coefficient (Wildman–Crippen LogP) is 0.394. The van der Waals surface area contributed by atoms with E-state index in [4.69, 9.17) is 38.8 Å². The molecule has 0 saturated carbocycles. The van der Waals surface area contributed by atoms with Crippen LogP contribution >= 0.6 is 0 Å². The van der Waals surface area contributed by atoms with Gasteiger partial charge in [0.05, 0.1) is 85.7 Å². The minimum atomic E-state index is -0.699. The van der Waals surface area contributed by atoms with Gasteiger partial charge in [-0.15, -0.1) is 5.06 Å². The van der Waals surface area contributed by atoms with Crippen molar-refractivity contribution >= 4 is 17.8 Å². The number of rotatable bonds is 22. The second-order valence-electron chi connectivity index (χ2n) is 6.42. The molecule has 0 aromatic heterocycles. The molecule has 0 atom stereocenters. The molecule has 0 spiro atoms. The number of hydrogen-bond donors (Lipinski definition) is 0. The molecule has 1 heterocycles. The largest absolute Gasteiger partial charge is 0.379 e. The highest BCUT2D eigenvalue weighted by Crippen LogP contribution is 2.12. The fourth-order valence-electron chi connectivity index (χ4n) is 2.31. The van der Waals surface area contributed by atoms with Crippen LogP contribution in [0.3, 0.4) is 0 Å². The molecule has 0 unspecified atom stereocenters. The molecular weight excluding hydrogens is 444 g/mol. The van der Waals surface area contributed by atoms with Crippen LogP contribution in [0.4, 0.5) is 0 Å². The molecule has 1 saturated heterocycles. The third-order valence-electron chi connectivity index (χ3n) is 3.91. The molecule has 1 aliphatic heterocycles. The quantitative estimate of drug-likeness (QED) is 0.0701. The third-order valence-corrected chi connectivity index (χ3v) is 3.91. The van der Waals surface area contributed by atoms with Crippen molar-refractivity contribution in [2.75, 3.05) is 85.8 Å². The molecule has 14 heteroatoms. The number of hydroxylamine groups is 2. The molecule has 0 N–H and O–H groups in total. The van der Waals surface area contributed by atoms with E-state index < -0.39 is 17.8 Å². The van der Waals surface area contributed by atoms with Crippen LogP contribution in [0.2, 0.25) is 0 Å². The zero-order valence-corrected chi connectivity index (χ0v) is 18.7. The Morgan fingerprint density at radius 1 is 0.727 bits per heavy atom. The molecule has 14 nitrogen and oxygen atoms in total. The van der Waals surface area contributed by atoms with E-state index >= 15 is 0 Å². The van der Waals surface area contributed by atoms with Crippen LogP contribution < -0.4 is 0 Å². The van der Waals surface area contributed by atoms with Crippen molar-refractivity contribution in [3.05, 3.63) is 10.4 Å². The first-order valence-corrected chi connectivity index (χ1v) is 10.7. The minimum absolute atomic E-state index is 0.0613. The van der Waals surface area contributed by atoms with Crippen LogP contribution in [-0.2, 0) is 47.6 Å². The van der Waals surface area contributed by atoms with Gasteiger partial charge in [-0.25, -0.2) is 4.79 Å². The second kappa shape index (κ2) is 20.3. The van der Waals surface area contributed by atoms with E-state index in [1.54, 1.807) is 0 Å². The molecule has 1 aliphatic rings. The summed E-state index contributed by atoms with van der Waals surface area (Å²) in [5.74, 6) is -1.72. The fourth-order valence-corrected chi connectivity index (χ4v) is 2.31. The smallest absolute Gasteiger partial charge is 0.335 e. The van der Waals surface area contributed by atoms with Crippen molar-refractivity contribution in [3.63, 3.8) is 0 Å². The van der Waals surface area contributed by atoms with Crippen LogP contribution in [-0.4, -0.2) is 109 Å². The number of ether oxygens (including phenoxy) is 6. The first-order valence-electron chi connectivity index (χ1n) is 10.7. The highest BCUT2D eigenvalue weighted by Gasteiger charge is 2.32. The summed E-state index contributed by atoms with van der Waals surface area (Å²) in [6.45, 7) is 4.89. The van der Waals surface area contributed by atoms with E-state index in [0.717, 1.165) is 0 Å². The average molecular weight is 476 g/mol. The third kappa shape index (κ3) is 16.0. The van der Waals surface area contributed by atoms with Gasteiger partial charge in [-0.05, 0) is 5.53 Å².